The Morgan fingerprint density at radius 2 is 1.69 bits per heavy atom. The smallest absolute Gasteiger partial charge is 0.335 e. The van der Waals surface area contributed by atoms with Gasteiger partial charge >= 0.3 is 5.97 Å². The van der Waals surface area contributed by atoms with E-state index in [9.17, 15) is 4.79 Å². The molecule has 2 aromatic rings. The van der Waals surface area contributed by atoms with Gasteiger partial charge in [-0.1, -0.05) is 23.7 Å². The summed E-state index contributed by atoms with van der Waals surface area (Å²) in [6, 6.07) is 15.4. The van der Waals surface area contributed by atoms with Crippen molar-refractivity contribution >= 4 is 28.8 Å². The van der Waals surface area contributed by atoms with Crippen molar-refractivity contribution < 1.29 is 9.90 Å². The second kappa shape index (κ2) is 8.99. The summed E-state index contributed by atoms with van der Waals surface area (Å²) in [6.07, 6.45) is 1.05. The zero-order chi connectivity index (χ0) is 20.2. The molecule has 2 N–H and O–H groups in total. The third-order valence-electron chi connectivity index (χ3n) is 5.78. The summed E-state index contributed by atoms with van der Waals surface area (Å²) in [5, 5.41) is 13.3. The number of hydrogen-bond acceptors (Lipinski definition) is 4. The van der Waals surface area contributed by atoms with Gasteiger partial charge in [0.2, 0.25) is 0 Å². The third-order valence-corrected chi connectivity index (χ3v) is 6.03. The predicted octanol–water partition coefficient (Wildman–Crippen LogP) is 3.61. The number of anilines is 1. The SMILES string of the molecule is O=C(O)c1ccc(N2CCN(CC3=C(c4ccc(Cl)cc4)CCNC3)CC2)cc1. The third kappa shape index (κ3) is 4.81. The van der Waals surface area contributed by atoms with Gasteiger partial charge < -0.3 is 15.3 Å². The Morgan fingerprint density at radius 1 is 1.00 bits per heavy atom. The van der Waals surface area contributed by atoms with Gasteiger partial charge in [0, 0.05) is 50.0 Å². The summed E-state index contributed by atoms with van der Waals surface area (Å²) >= 11 is 6.06. The molecule has 0 aliphatic carbocycles. The molecule has 1 saturated heterocycles. The van der Waals surface area contributed by atoms with Crippen LogP contribution in [0.15, 0.2) is 54.1 Å². The number of carboxylic acid groups (broad SMARTS) is 1. The number of aromatic carboxylic acids is 1. The summed E-state index contributed by atoms with van der Waals surface area (Å²) in [5.41, 5.74) is 5.63. The molecule has 6 heteroatoms. The molecule has 0 aromatic heterocycles. The summed E-state index contributed by atoms with van der Waals surface area (Å²) in [5.74, 6) is -0.882. The van der Waals surface area contributed by atoms with Crippen molar-refractivity contribution in [1.29, 1.82) is 0 Å². The van der Waals surface area contributed by atoms with Gasteiger partial charge in [0.1, 0.15) is 0 Å². The summed E-state index contributed by atoms with van der Waals surface area (Å²) in [6.45, 7) is 6.83. The van der Waals surface area contributed by atoms with Gasteiger partial charge in [0.05, 0.1) is 5.56 Å². The number of nitrogens with one attached hydrogen (secondary N) is 1. The van der Waals surface area contributed by atoms with Crippen molar-refractivity contribution in [2.75, 3.05) is 50.7 Å². The summed E-state index contributed by atoms with van der Waals surface area (Å²) in [4.78, 5) is 15.9. The first-order chi connectivity index (χ1) is 14.1. The van der Waals surface area contributed by atoms with Crippen molar-refractivity contribution in [3.63, 3.8) is 0 Å². The van der Waals surface area contributed by atoms with Gasteiger partial charge in [-0.25, -0.2) is 4.79 Å². The Balaban J connectivity index is 1.40. The Bertz CT molecular complexity index is 885. The fourth-order valence-corrected chi connectivity index (χ4v) is 4.26. The van der Waals surface area contributed by atoms with E-state index in [-0.39, 0.29) is 0 Å². The van der Waals surface area contributed by atoms with Crippen LogP contribution < -0.4 is 10.2 Å². The van der Waals surface area contributed by atoms with E-state index in [1.807, 2.05) is 24.3 Å². The maximum absolute atomic E-state index is 11.0. The molecule has 0 atom stereocenters. The van der Waals surface area contributed by atoms with Gasteiger partial charge in [-0.3, -0.25) is 4.90 Å². The number of piperazine rings is 1. The topological polar surface area (TPSA) is 55.8 Å². The maximum Gasteiger partial charge on any atom is 0.335 e. The summed E-state index contributed by atoms with van der Waals surface area (Å²) in [7, 11) is 0. The normalized spacial score (nSPS) is 18.2. The first-order valence-corrected chi connectivity index (χ1v) is 10.5. The number of halogens is 1. The van der Waals surface area contributed by atoms with E-state index in [4.69, 9.17) is 16.7 Å². The molecule has 5 nitrogen and oxygen atoms in total. The molecule has 2 heterocycles. The Morgan fingerprint density at radius 3 is 2.34 bits per heavy atom. The molecule has 29 heavy (non-hydrogen) atoms. The number of nitrogens with zero attached hydrogens (tertiary/aromatic N) is 2. The standard InChI is InChI=1S/C23H26ClN3O2/c24-20-5-1-17(2-6-20)22-9-10-25-15-19(22)16-26-11-13-27(14-12-26)21-7-3-18(4-8-21)23(28)29/h1-8,25H,9-16H2,(H,28,29). The predicted molar refractivity (Wildman–Crippen MR) is 118 cm³/mol. The molecule has 2 aromatic carbocycles. The van der Waals surface area contributed by atoms with Crippen LogP contribution in [0.2, 0.25) is 5.02 Å². The van der Waals surface area contributed by atoms with Crippen LogP contribution in [0.3, 0.4) is 0 Å². The van der Waals surface area contributed by atoms with Gasteiger partial charge in [-0.15, -0.1) is 0 Å². The molecule has 2 aliphatic rings. The quantitative estimate of drug-likeness (QED) is 0.787. The van der Waals surface area contributed by atoms with Crippen LogP contribution in [0.4, 0.5) is 5.69 Å². The molecule has 0 unspecified atom stereocenters. The highest BCUT2D eigenvalue weighted by atomic mass is 35.5. The van der Waals surface area contributed by atoms with Crippen molar-refractivity contribution in [3.05, 3.63) is 70.3 Å². The number of rotatable bonds is 5. The van der Waals surface area contributed by atoms with Crippen LogP contribution in [0.25, 0.3) is 5.57 Å². The molecule has 0 amide bonds. The zero-order valence-electron chi connectivity index (χ0n) is 16.4. The molecular formula is C23H26ClN3O2. The van der Waals surface area contributed by atoms with E-state index in [1.165, 1.54) is 16.7 Å². The Kier molecular flexibility index (Phi) is 6.19. The van der Waals surface area contributed by atoms with Crippen LogP contribution in [-0.4, -0.2) is 61.8 Å². The van der Waals surface area contributed by atoms with Crippen LogP contribution in [0.1, 0.15) is 22.3 Å². The number of carboxylic acids is 1. The molecule has 0 spiro atoms. The molecule has 4 rings (SSSR count). The van der Waals surface area contributed by atoms with Crippen LogP contribution in [-0.2, 0) is 0 Å². The van der Waals surface area contributed by atoms with Crippen LogP contribution >= 0.6 is 11.6 Å². The lowest BCUT2D eigenvalue weighted by Gasteiger charge is -2.37. The molecule has 0 saturated carbocycles. The second-order valence-corrected chi connectivity index (χ2v) is 8.07. The zero-order valence-corrected chi connectivity index (χ0v) is 17.2. The molecule has 0 bridgehead atoms. The van der Waals surface area contributed by atoms with Crippen LogP contribution in [0, 0.1) is 0 Å². The maximum atomic E-state index is 11.0. The first-order valence-electron chi connectivity index (χ1n) is 10.1. The van der Waals surface area contributed by atoms with Gasteiger partial charge in [0.25, 0.3) is 0 Å². The van der Waals surface area contributed by atoms with Crippen molar-refractivity contribution in [1.82, 2.24) is 10.2 Å². The average molecular weight is 412 g/mol. The lowest BCUT2D eigenvalue weighted by atomic mass is 9.94. The Labute approximate surface area is 176 Å². The van der Waals surface area contributed by atoms with Gasteiger partial charge in [-0.05, 0) is 66.1 Å². The molecule has 2 aliphatic heterocycles. The largest absolute Gasteiger partial charge is 0.478 e. The Hall–Kier alpha value is -2.34. The number of carbonyl (C=O) groups is 1. The lowest BCUT2D eigenvalue weighted by Crippen LogP contribution is -2.47. The van der Waals surface area contributed by atoms with E-state index in [2.05, 4.69) is 27.2 Å². The van der Waals surface area contributed by atoms with Gasteiger partial charge in [-0.2, -0.15) is 0 Å². The second-order valence-electron chi connectivity index (χ2n) is 7.63. The number of benzene rings is 2. The molecule has 0 radical (unpaired) electrons. The molecule has 152 valence electrons. The first kappa shape index (κ1) is 20.0. The molecular weight excluding hydrogens is 386 g/mol. The van der Waals surface area contributed by atoms with E-state index in [0.717, 1.165) is 62.9 Å². The highest BCUT2D eigenvalue weighted by Gasteiger charge is 2.21. The van der Waals surface area contributed by atoms with Gasteiger partial charge in [0.15, 0.2) is 0 Å². The van der Waals surface area contributed by atoms with Crippen LogP contribution in [0.5, 0.6) is 0 Å². The van der Waals surface area contributed by atoms with Crippen molar-refractivity contribution in [2.45, 2.75) is 6.42 Å². The molecule has 1 fully saturated rings. The minimum atomic E-state index is -0.882. The monoisotopic (exact) mass is 411 g/mol. The van der Waals surface area contributed by atoms with E-state index in [0.29, 0.717) is 5.56 Å². The lowest BCUT2D eigenvalue weighted by molar-refractivity contribution is 0.0697. The van der Waals surface area contributed by atoms with E-state index in [1.54, 1.807) is 12.1 Å². The van der Waals surface area contributed by atoms with Crippen molar-refractivity contribution in [3.8, 4) is 0 Å². The number of hydrogen-bond donors (Lipinski definition) is 2. The van der Waals surface area contributed by atoms with Crippen molar-refractivity contribution in [2.24, 2.45) is 0 Å². The summed E-state index contributed by atoms with van der Waals surface area (Å²) < 4.78 is 0. The fourth-order valence-electron chi connectivity index (χ4n) is 4.14. The van der Waals surface area contributed by atoms with E-state index >= 15 is 0 Å². The minimum absolute atomic E-state index is 0.332. The van der Waals surface area contributed by atoms with E-state index < -0.39 is 5.97 Å². The minimum Gasteiger partial charge on any atom is -0.478 e. The highest BCUT2D eigenvalue weighted by Crippen LogP contribution is 2.27. The average Bonchev–Trinajstić information content (AvgIpc) is 2.75. The fraction of sp³-hybridized carbons (Fsp3) is 0.348. The highest BCUT2D eigenvalue weighted by molar-refractivity contribution is 6.30.